The Morgan fingerprint density at radius 3 is 2.34 bits per heavy atom. The molecule has 0 saturated carbocycles. The van der Waals surface area contributed by atoms with Crippen LogP contribution in [-0.4, -0.2) is 13.0 Å². The monoisotopic (exact) mass is 461 g/mol. The van der Waals surface area contributed by atoms with Gasteiger partial charge in [0.1, 0.15) is 5.75 Å². The van der Waals surface area contributed by atoms with Gasteiger partial charge in [-0.15, -0.1) is 0 Å². The van der Waals surface area contributed by atoms with Crippen LogP contribution in [0.25, 0.3) is 22.8 Å². The van der Waals surface area contributed by atoms with Crippen LogP contribution in [0.15, 0.2) is 72.8 Å². The number of para-hydroxylation sites is 1. The minimum absolute atomic E-state index is 0.0369. The number of carbonyl (C=O) groups excluding carboxylic acids is 1. The van der Waals surface area contributed by atoms with Crippen molar-refractivity contribution in [1.82, 2.24) is 0 Å². The summed E-state index contributed by atoms with van der Waals surface area (Å²) in [6.45, 7) is 9.29. The number of benzene rings is 2. The van der Waals surface area contributed by atoms with Gasteiger partial charge in [0.15, 0.2) is 0 Å². The van der Waals surface area contributed by atoms with Crippen molar-refractivity contribution in [1.29, 1.82) is 0 Å². The van der Waals surface area contributed by atoms with Gasteiger partial charge in [-0.3, -0.25) is 4.79 Å². The fourth-order valence-corrected chi connectivity index (χ4v) is 5.03. The molecule has 0 atom stereocenters. The maximum atomic E-state index is 13.8. The summed E-state index contributed by atoms with van der Waals surface area (Å²) >= 11 is 0. The van der Waals surface area contributed by atoms with E-state index >= 15 is 0 Å². The van der Waals surface area contributed by atoms with Crippen molar-refractivity contribution in [3.05, 3.63) is 106 Å². The molecule has 0 unspecified atom stereocenters. The standard InChI is InChI=1S/C32H31NO2/c1-20(2)24-13-10-21(3)31-25(16-22(4)28(31)17-24)18-29-27-8-6-7-9-30(27)33(32(29)34)19-23-11-14-26(35-5)15-12-23/h6-18,20H,19H2,1-5H3/b29-18-. The molecule has 0 radical (unpaired) electrons. The van der Waals surface area contributed by atoms with Crippen molar-refractivity contribution in [2.24, 2.45) is 0 Å². The van der Waals surface area contributed by atoms with E-state index in [0.29, 0.717) is 12.5 Å². The van der Waals surface area contributed by atoms with E-state index in [1.165, 1.54) is 27.8 Å². The van der Waals surface area contributed by atoms with Crippen LogP contribution < -0.4 is 9.64 Å². The number of carbonyl (C=O) groups is 1. The zero-order chi connectivity index (χ0) is 24.7. The van der Waals surface area contributed by atoms with Gasteiger partial charge < -0.3 is 9.64 Å². The molecule has 2 aromatic rings. The molecule has 0 fully saturated rings. The number of anilines is 1. The number of methoxy groups -OCH3 is 1. The van der Waals surface area contributed by atoms with Crippen LogP contribution in [0.4, 0.5) is 5.69 Å². The predicted molar refractivity (Wildman–Crippen MR) is 145 cm³/mol. The first-order valence-electron chi connectivity index (χ1n) is 12.2. The molecule has 0 spiro atoms. The molecule has 0 saturated heterocycles. The molecule has 1 aliphatic heterocycles. The van der Waals surface area contributed by atoms with E-state index in [4.69, 9.17) is 4.74 Å². The SMILES string of the molecule is COc1ccc(CN2C(=O)/C(=C\c3cc(C)c4cc(C(C)C)ccc(C)c3-4)c3ccccc32)cc1. The van der Waals surface area contributed by atoms with Gasteiger partial charge in [-0.1, -0.05) is 68.4 Å². The molecule has 0 N–H and O–H groups in total. The summed E-state index contributed by atoms with van der Waals surface area (Å²) in [5.74, 6) is 1.30. The lowest BCUT2D eigenvalue weighted by Crippen LogP contribution is -2.25. The number of aryl methyl sites for hydroxylation is 2. The molecule has 176 valence electrons. The Kier molecular flexibility index (Phi) is 5.94. The van der Waals surface area contributed by atoms with Gasteiger partial charge in [-0.05, 0) is 83.0 Å². The molecular formula is C32H31NO2. The van der Waals surface area contributed by atoms with Gasteiger partial charge in [-0.25, -0.2) is 0 Å². The van der Waals surface area contributed by atoms with Gasteiger partial charge in [0.2, 0.25) is 0 Å². The Morgan fingerprint density at radius 2 is 1.63 bits per heavy atom. The Morgan fingerprint density at radius 1 is 0.886 bits per heavy atom. The Balaban J connectivity index is 1.58. The van der Waals surface area contributed by atoms with Crippen LogP contribution in [0.5, 0.6) is 5.75 Å². The predicted octanol–water partition coefficient (Wildman–Crippen LogP) is 7.63. The average molecular weight is 462 g/mol. The maximum absolute atomic E-state index is 13.8. The number of fused-ring (bicyclic) bond motifs is 2. The number of rotatable bonds is 5. The zero-order valence-electron chi connectivity index (χ0n) is 21.1. The quantitative estimate of drug-likeness (QED) is 0.286. The fraction of sp³-hybridized carbons (Fsp3) is 0.219. The van der Waals surface area contributed by atoms with Crippen molar-refractivity contribution in [3.8, 4) is 16.9 Å². The molecule has 1 heterocycles. The smallest absolute Gasteiger partial charge is 0.259 e. The van der Waals surface area contributed by atoms with E-state index in [2.05, 4.69) is 64.1 Å². The zero-order valence-corrected chi connectivity index (χ0v) is 21.1. The van der Waals surface area contributed by atoms with Gasteiger partial charge in [0.05, 0.1) is 19.3 Å². The molecule has 3 aliphatic rings. The Bertz CT molecular complexity index is 1410. The molecule has 3 heteroatoms. The highest BCUT2D eigenvalue weighted by molar-refractivity contribution is 6.36. The first kappa shape index (κ1) is 22.9. The van der Waals surface area contributed by atoms with E-state index < -0.39 is 0 Å². The minimum atomic E-state index is 0.0369. The third-order valence-corrected chi connectivity index (χ3v) is 7.01. The van der Waals surface area contributed by atoms with E-state index in [0.717, 1.165) is 33.7 Å². The number of nitrogens with zero attached hydrogens (tertiary/aromatic N) is 1. The second-order valence-electron chi connectivity index (χ2n) is 9.70. The highest BCUT2D eigenvalue weighted by Gasteiger charge is 2.32. The summed E-state index contributed by atoms with van der Waals surface area (Å²) in [6.07, 6.45) is 2.09. The average Bonchev–Trinajstić information content (AvgIpc) is 3.21. The number of ether oxygens (including phenoxy) is 1. The maximum Gasteiger partial charge on any atom is 0.259 e. The molecule has 2 aliphatic carbocycles. The van der Waals surface area contributed by atoms with E-state index in [9.17, 15) is 4.79 Å². The summed E-state index contributed by atoms with van der Waals surface area (Å²) < 4.78 is 5.28. The molecule has 5 rings (SSSR count). The van der Waals surface area contributed by atoms with Crippen molar-refractivity contribution >= 4 is 23.2 Å². The van der Waals surface area contributed by atoms with Crippen LogP contribution in [0.2, 0.25) is 0 Å². The highest BCUT2D eigenvalue weighted by Crippen LogP contribution is 2.42. The first-order chi connectivity index (χ1) is 16.9. The van der Waals surface area contributed by atoms with Crippen molar-refractivity contribution in [2.75, 3.05) is 12.0 Å². The molecule has 0 bridgehead atoms. The summed E-state index contributed by atoms with van der Waals surface area (Å²) in [5.41, 5.74) is 11.1. The van der Waals surface area contributed by atoms with Gasteiger partial charge >= 0.3 is 0 Å². The fourth-order valence-electron chi connectivity index (χ4n) is 5.03. The second kappa shape index (κ2) is 9.07. The van der Waals surface area contributed by atoms with Gasteiger partial charge in [0.25, 0.3) is 5.91 Å². The molecule has 3 nitrogen and oxygen atoms in total. The van der Waals surface area contributed by atoms with Crippen molar-refractivity contribution < 1.29 is 9.53 Å². The topological polar surface area (TPSA) is 29.5 Å². The van der Waals surface area contributed by atoms with E-state index in [-0.39, 0.29) is 5.91 Å². The Labute approximate surface area is 208 Å². The summed E-state index contributed by atoms with van der Waals surface area (Å²) in [4.78, 5) is 15.6. The van der Waals surface area contributed by atoms with E-state index in [1.807, 2.05) is 47.4 Å². The van der Waals surface area contributed by atoms with Crippen LogP contribution in [0, 0.1) is 13.8 Å². The largest absolute Gasteiger partial charge is 0.497 e. The summed E-state index contributed by atoms with van der Waals surface area (Å²) in [6, 6.07) is 24.9. The highest BCUT2D eigenvalue weighted by atomic mass is 16.5. The molecule has 0 aromatic heterocycles. The lowest BCUT2D eigenvalue weighted by molar-refractivity contribution is -0.113. The van der Waals surface area contributed by atoms with Crippen molar-refractivity contribution in [2.45, 2.75) is 40.2 Å². The minimum Gasteiger partial charge on any atom is -0.497 e. The van der Waals surface area contributed by atoms with Crippen LogP contribution in [0.1, 0.15) is 53.1 Å². The molecular weight excluding hydrogens is 430 g/mol. The number of hydrogen-bond acceptors (Lipinski definition) is 2. The van der Waals surface area contributed by atoms with Gasteiger partial charge in [-0.2, -0.15) is 0 Å². The molecule has 1 amide bonds. The lowest BCUT2D eigenvalue weighted by atomic mass is 9.99. The number of amides is 1. The third-order valence-electron chi connectivity index (χ3n) is 7.01. The molecule has 2 aromatic carbocycles. The lowest BCUT2D eigenvalue weighted by Gasteiger charge is -2.17. The van der Waals surface area contributed by atoms with Crippen LogP contribution in [-0.2, 0) is 11.3 Å². The number of hydrogen-bond donors (Lipinski definition) is 0. The first-order valence-corrected chi connectivity index (χ1v) is 12.2. The summed E-state index contributed by atoms with van der Waals surface area (Å²) in [7, 11) is 1.66. The van der Waals surface area contributed by atoms with Crippen LogP contribution in [0.3, 0.4) is 0 Å². The van der Waals surface area contributed by atoms with Crippen molar-refractivity contribution in [3.63, 3.8) is 0 Å². The van der Waals surface area contributed by atoms with Crippen LogP contribution >= 0.6 is 0 Å². The third kappa shape index (κ3) is 4.12. The van der Waals surface area contributed by atoms with E-state index in [1.54, 1.807) is 7.11 Å². The second-order valence-corrected chi connectivity index (χ2v) is 9.70. The van der Waals surface area contributed by atoms with Gasteiger partial charge in [0, 0.05) is 11.1 Å². The summed E-state index contributed by atoms with van der Waals surface area (Å²) in [5, 5.41) is 0. The Hall–Kier alpha value is -3.85. The normalized spacial score (nSPS) is 14.3. The molecule has 35 heavy (non-hydrogen) atoms.